The molecule has 0 spiro atoms. The molecule has 0 aliphatic heterocycles. The van der Waals surface area contributed by atoms with Gasteiger partial charge in [0, 0.05) is 5.75 Å². The zero-order chi connectivity index (χ0) is 8.78. The fraction of sp³-hybridized carbons (Fsp3) is 1.00. The Balaban J connectivity index is -0.000000114. The molecule has 0 rings (SSSR count). The summed E-state index contributed by atoms with van der Waals surface area (Å²) in [6, 6.07) is 0. The van der Waals surface area contributed by atoms with Crippen LogP contribution < -0.4 is 18.9 Å². The zero-order valence-electron chi connectivity index (χ0n) is 6.05. The molecule has 3 nitrogen and oxygen atoms in total. The normalized spacial score (nSPS) is 8.82. The van der Waals surface area contributed by atoms with Gasteiger partial charge in [0.15, 0.2) is 0 Å². The Morgan fingerprint density at radius 1 is 1.36 bits per heavy atom. The molecule has 0 aliphatic carbocycles. The van der Waals surface area contributed by atoms with Gasteiger partial charge in [0.05, 0.1) is 10.1 Å². The van der Waals surface area contributed by atoms with Gasteiger partial charge < -0.3 is 4.55 Å². The quantitative estimate of drug-likeness (QED) is 0.332. The van der Waals surface area contributed by atoms with E-state index in [1.165, 1.54) is 6.92 Å². The van der Waals surface area contributed by atoms with Crippen LogP contribution >= 0.6 is 0 Å². The van der Waals surface area contributed by atoms with E-state index in [2.05, 4.69) is 0 Å². The first-order valence-corrected chi connectivity index (χ1v) is 3.73. The maximum Gasteiger partial charge on any atom is 1.00 e. The summed E-state index contributed by atoms with van der Waals surface area (Å²) in [5.41, 5.74) is 0. The molecule has 0 heterocycles. The molecule has 0 aromatic carbocycles. The number of halogens is 3. The van der Waals surface area contributed by atoms with E-state index >= 15 is 0 Å². The number of rotatable bonds is 1. The van der Waals surface area contributed by atoms with Crippen LogP contribution in [0.25, 0.3) is 0 Å². The van der Waals surface area contributed by atoms with Crippen molar-refractivity contribution in [3.8, 4) is 0 Å². The van der Waals surface area contributed by atoms with E-state index in [1.807, 2.05) is 0 Å². The van der Waals surface area contributed by atoms with Crippen molar-refractivity contribution in [3.05, 3.63) is 0 Å². The molecule has 11 heavy (non-hydrogen) atoms. The summed E-state index contributed by atoms with van der Waals surface area (Å²) in [6.07, 6.45) is 0. The molecular formula is C2H5BF3LiO3S. The summed E-state index contributed by atoms with van der Waals surface area (Å²) in [7, 11) is -7.58. The van der Waals surface area contributed by atoms with Gasteiger partial charge in [-0.2, -0.15) is 0 Å². The molecule has 0 radical (unpaired) electrons. The van der Waals surface area contributed by atoms with E-state index in [0.717, 1.165) is 0 Å². The molecule has 0 saturated heterocycles. The molecule has 0 N–H and O–H groups in total. The van der Waals surface area contributed by atoms with Crippen molar-refractivity contribution in [1.29, 1.82) is 0 Å². The molecule has 0 amide bonds. The molecule has 9 heteroatoms. The van der Waals surface area contributed by atoms with E-state index in [-0.39, 0.29) is 24.6 Å². The van der Waals surface area contributed by atoms with Crippen molar-refractivity contribution >= 4 is 17.7 Å². The Labute approximate surface area is 75.5 Å². The van der Waals surface area contributed by atoms with Crippen LogP contribution in [0.2, 0.25) is 0 Å². The molecule has 0 atom stereocenters. The smallest absolute Gasteiger partial charge is 0.748 e. The van der Waals surface area contributed by atoms with E-state index in [4.69, 9.17) is 0 Å². The Morgan fingerprint density at radius 3 is 1.45 bits per heavy atom. The second-order valence-corrected chi connectivity index (χ2v) is 2.79. The fourth-order valence-electron chi connectivity index (χ4n) is 0. The molecular weight excluding hydrogens is 179 g/mol. The van der Waals surface area contributed by atoms with Gasteiger partial charge >= 0.3 is 26.4 Å². The van der Waals surface area contributed by atoms with Crippen molar-refractivity contribution in [2.45, 2.75) is 6.92 Å². The van der Waals surface area contributed by atoms with Gasteiger partial charge in [-0.1, -0.05) is 6.92 Å². The first kappa shape index (κ1) is 17.4. The van der Waals surface area contributed by atoms with Gasteiger partial charge in [-0.05, 0) is 0 Å². The number of hydrogen-bond acceptors (Lipinski definition) is 3. The van der Waals surface area contributed by atoms with E-state index < -0.39 is 17.7 Å². The molecule has 0 saturated carbocycles. The summed E-state index contributed by atoms with van der Waals surface area (Å²) < 4.78 is 57.3. The first-order chi connectivity index (χ1) is 4.29. The predicted octanol–water partition coefficient (Wildman–Crippen LogP) is -2.56. The summed E-state index contributed by atoms with van der Waals surface area (Å²) in [5, 5.41) is 0. The molecule has 0 bridgehead atoms. The van der Waals surface area contributed by atoms with Crippen LogP contribution in [0.3, 0.4) is 0 Å². The zero-order valence-corrected chi connectivity index (χ0v) is 6.87. The van der Waals surface area contributed by atoms with Crippen LogP contribution in [0.4, 0.5) is 12.9 Å². The molecule has 0 fully saturated rings. The van der Waals surface area contributed by atoms with Gasteiger partial charge in [-0.25, -0.2) is 8.42 Å². The molecule has 0 unspecified atom stereocenters. The molecule has 0 aromatic heterocycles. The van der Waals surface area contributed by atoms with Gasteiger partial charge in [0.25, 0.3) is 0 Å². The minimum absolute atomic E-state index is 0. The maximum absolute atomic E-state index is 9.67. The third kappa shape index (κ3) is 64.1. The Kier molecular flexibility index (Phi) is 13.4. The van der Waals surface area contributed by atoms with Gasteiger partial charge in [-0.3, -0.25) is 12.9 Å². The number of hydrogen-bond donors (Lipinski definition) is 0. The average molecular weight is 184 g/mol. The van der Waals surface area contributed by atoms with Crippen molar-refractivity contribution in [1.82, 2.24) is 0 Å². The van der Waals surface area contributed by atoms with Crippen molar-refractivity contribution in [2.24, 2.45) is 0 Å². The van der Waals surface area contributed by atoms with Crippen LogP contribution in [-0.4, -0.2) is 26.3 Å². The fourth-order valence-corrected chi connectivity index (χ4v) is 0. The summed E-state index contributed by atoms with van der Waals surface area (Å²) >= 11 is 0. The summed E-state index contributed by atoms with van der Waals surface area (Å²) in [6.45, 7) is 1.31. The van der Waals surface area contributed by atoms with E-state index in [9.17, 15) is 25.9 Å². The second-order valence-electron chi connectivity index (χ2n) is 1.09. The van der Waals surface area contributed by atoms with E-state index in [0.29, 0.717) is 0 Å². The first-order valence-electron chi connectivity index (χ1n) is 2.15. The average Bonchev–Trinajstić information content (AvgIpc) is 1.63. The monoisotopic (exact) mass is 184 g/mol. The largest absolute Gasteiger partial charge is 1.00 e. The summed E-state index contributed by atoms with van der Waals surface area (Å²) in [4.78, 5) is 0. The molecule has 62 valence electrons. The predicted molar refractivity (Wildman–Crippen MR) is 29.3 cm³/mol. The van der Waals surface area contributed by atoms with E-state index in [1.54, 1.807) is 0 Å². The SMILES string of the molecule is CCS(=O)(=O)[O-].FB(F)F.[Li+]. The maximum atomic E-state index is 9.67. The van der Waals surface area contributed by atoms with Crippen molar-refractivity contribution in [3.63, 3.8) is 0 Å². The Morgan fingerprint density at radius 2 is 1.45 bits per heavy atom. The van der Waals surface area contributed by atoms with Crippen LogP contribution in [0.1, 0.15) is 6.92 Å². The van der Waals surface area contributed by atoms with Gasteiger partial charge in [0.1, 0.15) is 0 Å². The summed E-state index contributed by atoms with van der Waals surface area (Å²) in [5.74, 6) is -0.312. The Bertz CT molecular complexity index is 157. The Hall–Kier alpha value is 0.362. The molecule has 0 aliphatic rings. The van der Waals surface area contributed by atoms with Crippen molar-refractivity contribution < 1.29 is 44.8 Å². The van der Waals surface area contributed by atoms with Crippen LogP contribution in [0.5, 0.6) is 0 Å². The third-order valence-corrected chi connectivity index (χ3v) is 1.06. The second kappa shape index (κ2) is 8.46. The van der Waals surface area contributed by atoms with Crippen LogP contribution in [0.15, 0.2) is 0 Å². The minimum Gasteiger partial charge on any atom is -0.748 e. The topological polar surface area (TPSA) is 57.2 Å². The standard InChI is InChI=1S/C2H6O3S.BF3.Li/c1-2-6(3,4)5;2-1(3)4;/h2H2,1H3,(H,3,4,5);;/q;;+1/p-1. The van der Waals surface area contributed by atoms with Crippen LogP contribution in [-0.2, 0) is 10.1 Å². The van der Waals surface area contributed by atoms with Crippen LogP contribution in [0, 0.1) is 0 Å². The third-order valence-electron chi connectivity index (χ3n) is 0.354. The van der Waals surface area contributed by atoms with Gasteiger partial charge in [0.2, 0.25) is 0 Å². The van der Waals surface area contributed by atoms with Gasteiger partial charge in [-0.15, -0.1) is 0 Å². The molecule has 0 aromatic rings. The minimum atomic E-state index is -3.91. The van der Waals surface area contributed by atoms with Crippen molar-refractivity contribution in [2.75, 3.05) is 5.75 Å².